The number of nitrogens with one attached hydrogen (secondary N) is 1. The van der Waals surface area contributed by atoms with Crippen LogP contribution in [0.1, 0.15) is 61.6 Å². The number of benzene rings is 2. The van der Waals surface area contributed by atoms with Gasteiger partial charge < -0.3 is 14.8 Å². The van der Waals surface area contributed by atoms with E-state index in [4.69, 9.17) is 17.2 Å². The van der Waals surface area contributed by atoms with Gasteiger partial charge in [-0.05, 0) is 85.7 Å². The van der Waals surface area contributed by atoms with Gasteiger partial charge in [0.25, 0.3) is 5.69 Å². The lowest BCUT2D eigenvalue weighted by Gasteiger charge is -2.32. The quantitative estimate of drug-likeness (QED) is 0.143. The maximum Gasteiger partial charge on any atom is 0.269 e. The van der Waals surface area contributed by atoms with Gasteiger partial charge in [0.2, 0.25) is 0 Å². The molecule has 4 aromatic rings. The Balaban J connectivity index is 1.32. The zero-order chi connectivity index (χ0) is 26.8. The van der Waals surface area contributed by atoms with Crippen LogP contribution in [0.4, 0.5) is 11.4 Å². The fraction of sp³-hybridized carbons (Fsp3) is 0.267. The van der Waals surface area contributed by atoms with Gasteiger partial charge in [-0.25, -0.2) is 0 Å². The maximum absolute atomic E-state index is 11.0. The normalized spacial score (nSPS) is 19.7. The summed E-state index contributed by atoms with van der Waals surface area (Å²) >= 11 is 7.51. The number of pyridine rings is 1. The molecular formula is C30H29N5O2S2. The lowest BCUT2D eigenvalue weighted by Crippen LogP contribution is -2.31. The zero-order valence-corrected chi connectivity index (χ0v) is 23.0. The molecule has 0 bridgehead atoms. The smallest absolute Gasteiger partial charge is 0.269 e. The highest BCUT2D eigenvalue weighted by molar-refractivity contribution is 7.99. The summed E-state index contributed by atoms with van der Waals surface area (Å²) in [4.78, 5) is 19.5. The molecule has 1 saturated carbocycles. The molecule has 0 spiro atoms. The predicted octanol–water partition coefficient (Wildman–Crippen LogP) is 7.62. The number of nitrogens with zero attached hydrogens (tertiary/aromatic N) is 4. The summed E-state index contributed by atoms with van der Waals surface area (Å²) in [5.74, 6) is 0. The molecule has 1 N–H and O–H groups in total. The van der Waals surface area contributed by atoms with Gasteiger partial charge in [-0.3, -0.25) is 15.1 Å². The summed E-state index contributed by atoms with van der Waals surface area (Å²) < 4.78 is 2.47. The van der Waals surface area contributed by atoms with Gasteiger partial charge >= 0.3 is 0 Å². The number of anilines is 1. The molecule has 7 nitrogen and oxygen atoms in total. The molecular weight excluding hydrogens is 526 g/mol. The van der Waals surface area contributed by atoms with Gasteiger partial charge in [0.15, 0.2) is 5.11 Å². The molecule has 6 rings (SSSR count). The lowest BCUT2D eigenvalue weighted by molar-refractivity contribution is -0.384. The van der Waals surface area contributed by atoms with Crippen LogP contribution < -0.4 is 10.2 Å². The van der Waals surface area contributed by atoms with Crippen molar-refractivity contribution in [3.63, 3.8) is 0 Å². The van der Waals surface area contributed by atoms with E-state index in [0.29, 0.717) is 11.2 Å². The van der Waals surface area contributed by atoms with E-state index in [0.717, 1.165) is 21.2 Å². The molecule has 39 heavy (non-hydrogen) atoms. The summed E-state index contributed by atoms with van der Waals surface area (Å²) in [6.07, 6.45) is 10.3. The van der Waals surface area contributed by atoms with Crippen molar-refractivity contribution in [2.75, 3.05) is 4.90 Å². The first kappa shape index (κ1) is 25.6. The highest BCUT2D eigenvalue weighted by atomic mass is 32.2. The number of non-ortho nitro benzene ring substituents is 1. The molecule has 2 aliphatic rings. The van der Waals surface area contributed by atoms with Crippen molar-refractivity contribution in [2.24, 2.45) is 0 Å². The zero-order valence-electron chi connectivity index (χ0n) is 21.3. The minimum absolute atomic E-state index is 0.0440. The fourth-order valence-corrected chi connectivity index (χ4v) is 6.89. The second kappa shape index (κ2) is 11.2. The largest absolute Gasteiger partial charge is 0.351 e. The average molecular weight is 556 g/mol. The molecule has 3 heterocycles. The Kier molecular flexibility index (Phi) is 7.34. The summed E-state index contributed by atoms with van der Waals surface area (Å²) in [6.45, 7) is 0. The SMILES string of the molecule is O=[N+]([O-])c1ccc(Sc2ccc(N3C(=S)N[C@@H](c4ccccn4)[C@@H]3c3cccn3C3CCCCC3)cc2)cc1. The molecule has 2 aromatic heterocycles. The first-order chi connectivity index (χ1) is 19.1. The van der Waals surface area contributed by atoms with Gasteiger partial charge in [-0.2, -0.15) is 0 Å². The highest BCUT2D eigenvalue weighted by Gasteiger charge is 2.42. The molecule has 1 aliphatic heterocycles. The number of hydrogen-bond acceptors (Lipinski definition) is 5. The van der Waals surface area contributed by atoms with E-state index in [9.17, 15) is 10.1 Å². The Morgan fingerprint density at radius 3 is 2.31 bits per heavy atom. The van der Waals surface area contributed by atoms with Crippen LogP contribution in [-0.4, -0.2) is 19.6 Å². The predicted molar refractivity (Wildman–Crippen MR) is 158 cm³/mol. The van der Waals surface area contributed by atoms with Crippen molar-refractivity contribution >= 4 is 40.5 Å². The Morgan fingerprint density at radius 1 is 0.923 bits per heavy atom. The van der Waals surface area contributed by atoms with E-state index in [1.54, 1.807) is 23.9 Å². The Morgan fingerprint density at radius 2 is 1.64 bits per heavy atom. The molecule has 9 heteroatoms. The van der Waals surface area contributed by atoms with Crippen LogP contribution in [-0.2, 0) is 0 Å². The van der Waals surface area contributed by atoms with Gasteiger partial charge in [0, 0.05) is 51.7 Å². The lowest BCUT2D eigenvalue weighted by atomic mass is 9.94. The van der Waals surface area contributed by atoms with Crippen LogP contribution in [0.5, 0.6) is 0 Å². The number of aromatic nitrogens is 2. The minimum atomic E-state index is -0.379. The molecule has 198 valence electrons. The molecule has 2 fully saturated rings. The van der Waals surface area contributed by atoms with Crippen molar-refractivity contribution in [3.8, 4) is 0 Å². The number of hydrogen-bond donors (Lipinski definition) is 1. The molecule has 2 aromatic carbocycles. The van der Waals surface area contributed by atoms with Crippen molar-refractivity contribution in [2.45, 2.75) is 60.0 Å². The molecule has 1 aliphatic carbocycles. The minimum Gasteiger partial charge on any atom is -0.351 e. The maximum atomic E-state index is 11.0. The van der Waals surface area contributed by atoms with E-state index in [1.807, 2.05) is 18.3 Å². The molecule has 2 atom stereocenters. The van der Waals surface area contributed by atoms with Gasteiger partial charge in [-0.1, -0.05) is 37.1 Å². The summed E-state index contributed by atoms with van der Waals surface area (Å²) in [7, 11) is 0. The average Bonchev–Trinajstić information content (AvgIpc) is 3.59. The van der Waals surface area contributed by atoms with Crippen LogP contribution in [0, 0.1) is 10.1 Å². The van der Waals surface area contributed by atoms with Crippen LogP contribution in [0.3, 0.4) is 0 Å². The van der Waals surface area contributed by atoms with Gasteiger partial charge in [0.1, 0.15) is 6.04 Å². The van der Waals surface area contributed by atoms with Gasteiger partial charge in [0.05, 0.1) is 16.7 Å². The molecule has 0 unspecified atom stereocenters. The number of nitro benzene ring substituents is 1. The monoisotopic (exact) mass is 555 g/mol. The van der Waals surface area contributed by atoms with E-state index >= 15 is 0 Å². The third-order valence-electron chi connectivity index (χ3n) is 7.58. The van der Waals surface area contributed by atoms with Crippen LogP contribution in [0.2, 0.25) is 0 Å². The third-order valence-corrected chi connectivity index (χ3v) is 8.91. The van der Waals surface area contributed by atoms with Crippen molar-refractivity contribution in [1.29, 1.82) is 0 Å². The fourth-order valence-electron chi connectivity index (χ4n) is 5.73. The standard InChI is InChI=1S/C30H29N5O2S2/c36-35(37)23-13-17-25(18-14-23)39-24-15-11-22(12-16-24)34-29(28(32-30(34)38)26-9-4-5-19-31-26)27-10-6-20-33(27)21-7-2-1-3-8-21/h4-6,9-21,28-29H,1-3,7-8H2,(H,32,38)/t28-,29-/m0/s1. The Labute approximate surface area is 237 Å². The number of thiocarbonyl (C=S) groups is 1. The third kappa shape index (κ3) is 5.29. The van der Waals surface area contributed by atoms with E-state index in [-0.39, 0.29) is 22.7 Å². The van der Waals surface area contributed by atoms with E-state index in [1.165, 1.54) is 49.9 Å². The first-order valence-corrected chi connectivity index (χ1v) is 14.5. The summed E-state index contributed by atoms with van der Waals surface area (Å²) in [6, 6.07) is 25.8. The van der Waals surface area contributed by atoms with Crippen molar-refractivity contribution < 1.29 is 4.92 Å². The Hall–Kier alpha value is -3.69. The summed E-state index contributed by atoms with van der Waals surface area (Å²) in [5, 5.41) is 15.2. The van der Waals surface area contributed by atoms with Crippen LogP contribution in [0.25, 0.3) is 0 Å². The molecule has 1 saturated heterocycles. The van der Waals surface area contributed by atoms with E-state index in [2.05, 4.69) is 63.4 Å². The number of rotatable bonds is 7. The van der Waals surface area contributed by atoms with E-state index < -0.39 is 0 Å². The first-order valence-electron chi connectivity index (χ1n) is 13.3. The summed E-state index contributed by atoms with van der Waals surface area (Å²) in [5.41, 5.74) is 3.32. The number of nitro groups is 1. The van der Waals surface area contributed by atoms with Crippen LogP contribution >= 0.6 is 24.0 Å². The van der Waals surface area contributed by atoms with Crippen molar-refractivity contribution in [3.05, 3.63) is 113 Å². The second-order valence-corrected chi connectivity index (χ2v) is 11.5. The van der Waals surface area contributed by atoms with Gasteiger partial charge in [-0.15, -0.1) is 0 Å². The molecule has 0 radical (unpaired) electrons. The van der Waals surface area contributed by atoms with Crippen LogP contribution in [0.15, 0.2) is 101 Å². The topological polar surface area (TPSA) is 76.2 Å². The van der Waals surface area contributed by atoms with Crippen molar-refractivity contribution in [1.82, 2.24) is 14.9 Å². The molecule has 0 amide bonds. The Bertz CT molecular complexity index is 1450. The second-order valence-electron chi connectivity index (χ2n) is 9.98. The highest BCUT2D eigenvalue weighted by Crippen LogP contribution is 2.44.